The van der Waals surface area contributed by atoms with E-state index in [0.717, 1.165) is 48.8 Å². The van der Waals surface area contributed by atoms with Gasteiger partial charge < -0.3 is 4.74 Å². The van der Waals surface area contributed by atoms with Crippen LogP contribution in [-0.4, -0.2) is 0 Å². The molecule has 35 heavy (non-hydrogen) atoms. The van der Waals surface area contributed by atoms with Crippen LogP contribution >= 0.6 is 0 Å². The molecule has 1 saturated carbocycles. The Morgan fingerprint density at radius 3 is 2.29 bits per heavy atom. The Kier molecular flexibility index (Phi) is 8.35. The monoisotopic (exact) mass is 486 g/mol. The van der Waals surface area contributed by atoms with Crippen LogP contribution in [0, 0.1) is 23.5 Å². The number of hydrogen-bond acceptors (Lipinski definition) is 1. The van der Waals surface area contributed by atoms with E-state index in [4.69, 9.17) is 0 Å². The molecule has 0 amide bonds. The van der Waals surface area contributed by atoms with Gasteiger partial charge in [0.1, 0.15) is 5.75 Å². The van der Waals surface area contributed by atoms with Crippen molar-refractivity contribution in [3.05, 3.63) is 89.0 Å². The van der Waals surface area contributed by atoms with Crippen LogP contribution in [0.1, 0.15) is 81.8 Å². The van der Waals surface area contributed by atoms with Crippen LogP contribution < -0.4 is 4.74 Å². The number of ether oxygens (including phenoxy) is 1. The second-order valence-electron chi connectivity index (χ2n) is 9.93. The largest absolute Gasteiger partial charge is 0.429 e. The maximum atomic E-state index is 14.6. The third-order valence-electron chi connectivity index (χ3n) is 7.71. The molecule has 0 spiro atoms. The van der Waals surface area contributed by atoms with Crippen molar-refractivity contribution in [1.82, 2.24) is 0 Å². The predicted octanol–water partition coefficient (Wildman–Crippen LogP) is 9.45. The van der Waals surface area contributed by atoms with Gasteiger partial charge in [-0.25, -0.2) is 8.78 Å². The highest BCUT2D eigenvalue weighted by Gasteiger charge is 2.35. The van der Waals surface area contributed by atoms with Gasteiger partial charge in [0.05, 0.1) is 5.56 Å². The SMILES string of the molecule is C/C=C/CCC1=CCC(C2CCC(c3ccc(C(F)(F)Oc4ccc(F)c(F)c4)cc3)CC2)CC1. The summed E-state index contributed by atoms with van der Waals surface area (Å²) in [6, 6.07) is 8.65. The summed E-state index contributed by atoms with van der Waals surface area (Å²) in [5, 5.41) is 0. The standard InChI is InChI=1S/C30H34F4O/c1-2-3-4-5-21-6-8-22(9-7-21)23-10-12-24(13-11-23)25-14-16-26(17-15-25)30(33,34)35-27-18-19-28(31)29(32)20-27/h2-3,6,14-20,22-24H,4-5,7-13H2,1H3/b3-2+. The number of allylic oxidation sites excluding steroid dienone is 4. The first-order valence-corrected chi connectivity index (χ1v) is 12.8. The zero-order chi connectivity index (χ0) is 24.8. The Hall–Kier alpha value is -2.56. The minimum atomic E-state index is -3.64. The number of rotatable bonds is 8. The van der Waals surface area contributed by atoms with Gasteiger partial charge in [-0.15, -0.1) is 0 Å². The Bertz CT molecular complexity index is 1030. The van der Waals surface area contributed by atoms with E-state index in [1.165, 1.54) is 50.7 Å². The summed E-state index contributed by atoms with van der Waals surface area (Å²) in [6.45, 7) is 2.07. The normalized spacial score (nSPS) is 23.3. The predicted molar refractivity (Wildman–Crippen MR) is 131 cm³/mol. The first-order valence-electron chi connectivity index (χ1n) is 12.8. The van der Waals surface area contributed by atoms with Crippen molar-refractivity contribution in [2.75, 3.05) is 0 Å². The molecule has 0 aliphatic heterocycles. The van der Waals surface area contributed by atoms with Gasteiger partial charge in [-0.05, 0) is 112 Å². The van der Waals surface area contributed by atoms with E-state index in [1.54, 1.807) is 17.7 Å². The molecule has 0 aromatic heterocycles. The summed E-state index contributed by atoms with van der Waals surface area (Å²) in [5.74, 6) is -0.832. The molecule has 0 bridgehead atoms. The average Bonchev–Trinajstić information content (AvgIpc) is 2.87. The van der Waals surface area contributed by atoms with E-state index in [2.05, 4.69) is 29.9 Å². The third-order valence-corrected chi connectivity index (χ3v) is 7.71. The van der Waals surface area contributed by atoms with Gasteiger partial charge >= 0.3 is 6.11 Å². The topological polar surface area (TPSA) is 9.23 Å². The summed E-state index contributed by atoms with van der Waals surface area (Å²) in [6.07, 6.45) is 13.8. The highest BCUT2D eigenvalue weighted by atomic mass is 19.3. The van der Waals surface area contributed by atoms with Crippen LogP contribution in [0.25, 0.3) is 0 Å². The molecule has 0 N–H and O–H groups in total. The lowest BCUT2D eigenvalue weighted by molar-refractivity contribution is -0.185. The van der Waals surface area contributed by atoms with Crippen molar-refractivity contribution in [2.24, 2.45) is 11.8 Å². The Morgan fingerprint density at radius 2 is 1.66 bits per heavy atom. The van der Waals surface area contributed by atoms with Gasteiger partial charge in [0.2, 0.25) is 0 Å². The van der Waals surface area contributed by atoms with Gasteiger partial charge in [-0.2, -0.15) is 8.78 Å². The first-order chi connectivity index (χ1) is 16.9. The lowest BCUT2D eigenvalue weighted by Crippen LogP contribution is -2.23. The highest BCUT2D eigenvalue weighted by Crippen LogP contribution is 2.43. The van der Waals surface area contributed by atoms with Crippen LogP contribution in [0.5, 0.6) is 5.75 Å². The summed E-state index contributed by atoms with van der Waals surface area (Å²) in [5.41, 5.74) is 2.38. The van der Waals surface area contributed by atoms with Crippen LogP contribution in [0.15, 0.2) is 66.3 Å². The molecule has 188 valence electrons. The summed E-state index contributed by atoms with van der Waals surface area (Å²) < 4.78 is 60.2. The molecular formula is C30H34F4O. The Labute approximate surface area is 205 Å². The number of benzene rings is 2. The zero-order valence-electron chi connectivity index (χ0n) is 20.3. The van der Waals surface area contributed by atoms with Gasteiger partial charge in [-0.1, -0.05) is 35.9 Å². The smallest absolute Gasteiger partial charge is 0.426 e. The summed E-state index contributed by atoms with van der Waals surface area (Å²) >= 11 is 0. The second-order valence-corrected chi connectivity index (χ2v) is 9.93. The third kappa shape index (κ3) is 6.56. The van der Waals surface area contributed by atoms with Gasteiger partial charge in [0.15, 0.2) is 11.6 Å². The van der Waals surface area contributed by atoms with Crippen molar-refractivity contribution in [2.45, 2.75) is 76.7 Å². The molecule has 2 aliphatic carbocycles. The van der Waals surface area contributed by atoms with Gasteiger partial charge in [0, 0.05) is 6.07 Å². The molecule has 0 heterocycles. The van der Waals surface area contributed by atoms with Crippen molar-refractivity contribution in [1.29, 1.82) is 0 Å². The van der Waals surface area contributed by atoms with Crippen molar-refractivity contribution in [3.8, 4) is 5.75 Å². The quantitative estimate of drug-likeness (QED) is 0.267. The fourth-order valence-electron chi connectivity index (χ4n) is 5.62. The maximum absolute atomic E-state index is 14.6. The zero-order valence-corrected chi connectivity index (χ0v) is 20.3. The molecule has 1 nitrogen and oxygen atoms in total. The van der Waals surface area contributed by atoms with Crippen molar-refractivity contribution >= 4 is 0 Å². The van der Waals surface area contributed by atoms with Gasteiger partial charge in [0.25, 0.3) is 0 Å². The molecule has 1 fully saturated rings. The van der Waals surface area contributed by atoms with E-state index in [1.807, 2.05) is 0 Å². The molecule has 1 unspecified atom stereocenters. The molecule has 2 aromatic carbocycles. The van der Waals surface area contributed by atoms with Gasteiger partial charge in [-0.3, -0.25) is 0 Å². The molecule has 4 rings (SSSR count). The maximum Gasteiger partial charge on any atom is 0.426 e. The van der Waals surface area contributed by atoms with Crippen LogP contribution in [0.4, 0.5) is 17.6 Å². The lowest BCUT2D eigenvalue weighted by Gasteiger charge is -2.35. The lowest BCUT2D eigenvalue weighted by atomic mass is 9.70. The van der Waals surface area contributed by atoms with E-state index in [-0.39, 0.29) is 5.56 Å². The first kappa shape index (κ1) is 25.5. The molecule has 0 saturated heterocycles. The fourth-order valence-corrected chi connectivity index (χ4v) is 5.62. The van der Waals surface area contributed by atoms with E-state index in [9.17, 15) is 17.6 Å². The number of halogens is 4. The molecular weight excluding hydrogens is 452 g/mol. The molecule has 5 heteroatoms. The van der Waals surface area contributed by atoms with E-state index >= 15 is 0 Å². The van der Waals surface area contributed by atoms with Crippen LogP contribution in [0.2, 0.25) is 0 Å². The molecule has 1 atom stereocenters. The molecule has 2 aliphatic rings. The Balaban J connectivity index is 1.29. The summed E-state index contributed by atoms with van der Waals surface area (Å²) in [7, 11) is 0. The van der Waals surface area contributed by atoms with Crippen molar-refractivity contribution in [3.63, 3.8) is 0 Å². The number of alkyl halides is 2. The van der Waals surface area contributed by atoms with E-state index < -0.39 is 23.5 Å². The van der Waals surface area contributed by atoms with Crippen molar-refractivity contribution < 1.29 is 22.3 Å². The molecule has 2 aromatic rings. The second kappa shape index (κ2) is 11.5. The van der Waals surface area contributed by atoms with Crippen LogP contribution in [0.3, 0.4) is 0 Å². The average molecular weight is 487 g/mol. The highest BCUT2D eigenvalue weighted by molar-refractivity contribution is 5.30. The summed E-state index contributed by atoms with van der Waals surface area (Å²) in [4.78, 5) is 0. The Morgan fingerprint density at radius 1 is 0.914 bits per heavy atom. The van der Waals surface area contributed by atoms with E-state index in [0.29, 0.717) is 12.0 Å². The van der Waals surface area contributed by atoms with Crippen LogP contribution in [-0.2, 0) is 6.11 Å². The minimum Gasteiger partial charge on any atom is -0.429 e. The fraction of sp³-hybridized carbons (Fsp3) is 0.467. The number of hydrogen-bond donors (Lipinski definition) is 0. The minimum absolute atomic E-state index is 0.307. The molecule has 0 radical (unpaired) electrons.